The minimum absolute atomic E-state index is 0.0714. The van der Waals surface area contributed by atoms with Gasteiger partial charge in [-0.1, -0.05) is 0 Å². The molecule has 2 aliphatic heterocycles. The molecule has 0 spiro atoms. The maximum Gasteiger partial charge on any atom is 0.265 e. The Morgan fingerprint density at radius 2 is 1.66 bits per heavy atom. The fourth-order valence-corrected chi connectivity index (χ4v) is 8.00. The zero-order valence-corrected chi connectivity index (χ0v) is 20.3. The zero-order chi connectivity index (χ0) is 22.7. The predicted molar refractivity (Wildman–Crippen MR) is 126 cm³/mol. The summed E-state index contributed by atoms with van der Waals surface area (Å²) in [6.07, 6.45) is 1.13. The number of likely N-dealkylation sites (tertiary alicyclic amines) is 1. The molecule has 4 rings (SSSR count). The van der Waals surface area contributed by atoms with Crippen molar-refractivity contribution in [2.75, 3.05) is 44.8 Å². The van der Waals surface area contributed by atoms with Gasteiger partial charge >= 0.3 is 0 Å². The fraction of sp³-hybridized carbons (Fsp3) is 0.455. The summed E-state index contributed by atoms with van der Waals surface area (Å²) in [7, 11) is -2.10. The van der Waals surface area contributed by atoms with Gasteiger partial charge < -0.3 is 9.64 Å². The van der Waals surface area contributed by atoms with Gasteiger partial charge in [-0.3, -0.25) is 9.59 Å². The van der Waals surface area contributed by atoms with Crippen molar-refractivity contribution in [3.8, 4) is 5.75 Å². The van der Waals surface area contributed by atoms with Crippen molar-refractivity contribution in [1.82, 2.24) is 9.21 Å². The number of thiophene rings is 1. The molecule has 3 heterocycles. The molecule has 7 nitrogen and oxygen atoms in total. The molecule has 0 bridgehead atoms. The number of piperidine rings is 1. The molecule has 172 valence electrons. The minimum Gasteiger partial charge on any atom is -0.497 e. The number of carbonyl (C=O) groups is 2. The molecular formula is C22H26N2O5S3. The highest BCUT2D eigenvalue weighted by Gasteiger charge is 2.34. The molecule has 1 aromatic heterocycles. The third-order valence-electron chi connectivity index (χ3n) is 5.94. The van der Waals surface area contributed by atoms with Crippen LogP contribution in [0.15, 0.2) is 40.6 Å². The van der Waals surface area contributed by atoms with Crippen LogP contribution >= 0.6 is 23.1 Å². The number of nitrogens with zero attached hydrogens (tertiary/aromatic N) is 2. The first-order valence-corrected chi connectivity index (χ1v) is 14.0. The van der Waals surface area contributed by atoms with Crippen LogP contribution in [-0.2, 0) is 10.0 Å². The van der Waals surface area contributed by atoms with Crippen LogP contribution in [-0.4, -0.2) is 74.1 Å². The van der Waals surface area contributed by atoms with Gasteiger partial charge in [0, 0.05) is 49.2 Å². The van der Waals surface area contributed by atoms with E-state index in [9.17, 15) is 18.0 Å². The molecule has 1 amide bonds. The number of ether oxygens (including phenoxy) is 1. The van der Waals surface area contributed by atoms with Crippen molar-refractivity contribution >= 4 is 44.8 Å². The molecule has 0 atom stereocenters. The summed E-state index contributed by atoms with van der Waals surface area (Å²) in [5.41, 5.74) is 0.641. The van der Waals surface area contributed by atoms with Gasteiger partial charge in [-0.05, 0) is 48.6 Å². The first-order valence-electron chi connectivity index (χ1n) is 10.5. The second-order valence-electron chi connectivity index (χ2n) is 7.79. The molecule has 1 aromatic carbocycles. The maximum atomic E-state index is 13.2. The molecule has 2 aromatic rings. The molecule has 0 N–H and O–H groups in total. The number of carbonyl (C=O) groups excluding carboxylic acids is 2. The van der Waals surface area contributed by atoms with Gasteiger partial charge in [-0.15, -0.1) is 11.3 Å². The second kappa shape index (κ2) is 9.94. The third kappa shape index (κ3) is 4.73. The van der Waals surface area contributed by atoms with Gasteiger partial charge in [0.25, 0.3) is 5.91 Å². The fourth-order valence-electron chi connectivity index (χ4n) is 4.06. The van der Waals surface area contributed by atoms with Crippen molar-refractivity contribution in [1.29, 1.82) is 0 Å². The van der Waals surface area contributed by atoms with Crippen LogP contribution in [0.3, 0.4) is 0 Å². The van der Waals surface area contributed by atoms with Crippen molar-refractivity contribution < 1.29 is 22.7 Å². The normalized spacial score (nSPS) is 18.5. The average Bonchev–Trinajstić information content (AvgIpc) is 3.35. The van der Waals surface area contributed by atoms with Crippen LogP contribution in [0.25, 0.3) is 0 Å². The molecule has 0 radical (unpaired) electrons. The van der Waals surface area contributed by atoms with Crippen molar-refractivity contribution in [3.05, 3.63) is 46.2 Å². The molecule has 0 saturated carbocycles. The van der Waals surface area contributed by atoms with Crippen molar-refractivity contribution in [3.63, 3.8) is 0 Å². The lowest BCUT2D eigenvalue weighted by atomic mass is 9.89. The van der Waals surface area contributed by atoms with Crippen LogP contribution in [0.1, 0.15) is 32.9 Å². The van der Waals surface area contributed by atoms with Crippen LogP contribution in [0.4, 0.5) is 0 Å². The first-order chi connectivity index (χ1) is 15.4. The highest BCUT2D eigenvalue weighted by atomic mass is 32.2. The number of amides is 1. The Balaban J connectivity index is 1.42. The van der Waals surface area contributed by atoms with Crippen molar-refractivity contribution in [2.45, 2.75) is 17.7 Å². The van der Waals surface area contributed by atoms with Crippen LogP contribution in [0.2, 0.25) is 0 Å². The topological polar surface area (TPSA) is 84.0 Å². The lowest BCUT2D eigenvalue weighted by Gasteiger charge is -2.31. The number of methoxy groups -OCH3 is 1. The highest BCUT2D eigenvalue weighted by molar-refractivity contribution is 7.99. The van der Waals surface area contributed by atoms with Gasteiger partial charge in [0.1, 0.15) is 15.5 Å². The van der Waals surface area contributed by atoms with Crippen molar-refractivity contribution in [2.24, 2.45) is 5.92 Å². The van der Waals surface area contributed by atoms with E-state index < -0.39 is 10.0 Å². The summed E-state index contributed by atoms with van der Waals surface area (Å²) >= 11 is 2.90. The standard InChI is InChI=1S/C22H26N2O5S3/c1-29-18-4-2-16(3-5-18)20(25)17-6-9-23(10-7-17)22(26)21-19(8-13-31-21)32(27,28)24-11-14-30-15-12-24/h2-5,8,13,17H,6-7,9-12,14-15H2,1H3. The van der Waals surface area contributed by atoms with Gasteiger partial charge in [-0.2, -0.15) is 16.1 Å². The molecule has 0 aliphatic carbocycles. The summed E-state index contributed by atoms with van der Waals surface area (Å²) in [6, 6.07) is 8.60. The molecule has 32 heavy (non-hydrogen) atoms. The summed E-state index contributed by atoms with van der Waals surface area (Å²) in [4.78, 5) is 28.1. The van der Waals surface area contributed by atoms with E-state index in [2.05, 4.69) is 0 Å². The Bertz CT molecular complexity index is 1070. The SMILES string of the molecule is COc1ccc(C(=O)C2CCN(C(=O)c3sccc3S(=O)(=O)N3CCSCC3)CC2)cc1. The maximum absolute atomic E-state index is 13.2. The zero-order valence-electron chi connectivity index (χ0n) is 17.9. The van der Waals surface area contributed by atoms with Crippen LogP contribution in [0, 0.1) is 5.92 Å². The van der Waals surface area contributed by atoms with E-state index in [1.165, 1.54) is 21.7 Å². The van der Waals surface area contributed by atoms with E-state index in [0.29, 0.717) is 50.3 Å². The van der Waals surface area contributed by atoms with Crippen LogP contribution < -0.4 is 4.74 Å². The van der Waals surface area contributed by atoms with E-state index >= 15 is 0 Å². The predicted octanol–water partition coefficient (Wildman–Crippen LogP) is 3.23. The molecule has 2 saturated heterocycles. The second-order valence-corrected chi connectivity index (χ2v) is 11.8. The number of hydrogen-bond acceptors (Lipinski definition) is 7. The Morgan fingerprint density at radius 3 is 2.28 bits per heavy atom. The van der Waals surface area contributed by atoms with E-state index in [0.717, 1.165) is 11.5 Å². The molecular weight excluding hydrogens is 468 g/mol. The summed E-state index contributed by atoms with van der Waals surface area (Å²) < 4.78 is 32.8. The summed E-state index contributed by atoms with van der Waals surface area (Å²) in [5, 5.41) is 1.67. The number of benzene rings is 1. The van der Waals surface area contributed by atoms with Crippen LogP contribution in [0.5, 0.6) is 5.75 Å². The Labute approximate surface area is 196 Å². The highest BCUT2D eigenvalue weighted by Crippen LogP contribution is 2.30. The number of ketones is 1. The number of rotatable bonds is 6. The minimum atomic E-state index is -3.68. The van der Waals surface area contributed by atoms with Gasteiger partial charge in [0.05, 0.1) is 7.11 Å². The lowest BCUT2D eigenvalue weighted by Crippen LogP contribution is -2.41. The smallest absolute Gasteiger partial charge is 0.265 e. The number of hydrogen-bond donors (Lipinski definition) is 0. The average molecular weight is 495 g/mol. The van der Waals surface area contributed by atoms with E-state index in [1.54, 1.807) is 53.4 Å². The largest absolute Gasteiger partial charge is 0.497 e. The number of sulfonamides is 1. The Kier molecular flexibility index (Phi) is 7.24. The van der Waals surface area contributed by atoms with E-state index in [1.807, 2.05) is 0 Å². The van der Waals surface area contributed by atoms with Gasteiger partial charge in [0.2, 0.25) is 10.0 Å². The molecule has 2 aliphatic rings. The van der Waals surface area contributed by atoms with Gasteiger partial charge in [-0.25, -0.2) is 8.42 Å². The third-order valence-corrected chi connectivity index (χ3v) is 9.85. The quantitative estimate of drug-likeness (QED) is 0.574. The number of thioether (sulfide) groups is 1. The molecule has 2 fully saturated rings. The lowest BCUT2D eigenvalue weighted by molar-refractivity contribution is 0.0651. The monoisotopic (exact) mass is 494 g/mol. The summed E-state index contributed by atoms with van der Waals surface area (Å²) in [5.74, 6) is 1.89. The van der Waals surface area contributed by atoms with E-state index in [-0.39, 0.29) is 27.4 Å². The Hall–Kier alpha value is -1.88. The van der Waals surface area contributed by atoms with E-state index in [4.69, 9.17) is 4.74 Å². The Morgan fingerprint density at radius 1 is 1.00 bits per heavy atom. The summed E-state index contributed by atoms with van der Waals surface area (Å²) in [6.45, 7) is 1.80. The van der Waals surface area contributed by atoms with Gasteiger partial charge in [0.15, 0.2) is 5.78 Å². The number of Topliss-reactive ketones (excluding diaryl/α,β-unsaturated/α-hetero) is 1. The molecule has 10 heteroatoms. The first kappa shape index (κ1) is 23.3. The molecule has 0 unspecified atom stereocenters.